The fourth-order valence-electron chi connectivity index (χ4n) is 1.39. The van der Waals surface area contributed by atoms with Crippen LogP contribution in [0.15, 0.2) is 24.5 Å². The Kier molecular flexibility index (Phi) is 3.89. The Morgan fingerprint density at radius 2 is 2.15 bits per heavy atom. The number of amides is 1. The Hall–Kier alpha value is -2.16. The fourth-order valence-corrected chi connectivity index (χ4v) is 1.55. The van der Waals surface area contributed by atoms with Crippen molar-refractivity contribution in [2.45, 2.75) is 12.7 Å². The van der Waals surface area contributed by atoms with E-state index in [2.05, 4.69) is 20.8 Å². The van der Waals surface area contributed by atoms with Gasteiger partial charge in [0.25, 0.3) is 0 Å². The molecule has 1 N–H and O–H groups in total. The number of benzene rings is 1. The van der Waals surface area contributed by atoms with Crippen molar-refractivity contribution in [3.8, 4) is 0 Å². The highest BCUT2D eigenvalue weighted by molar-refractivity contribution is 6.33. The number of nitrogens with one attached hydrogen (secondary N) is 1. The molecule has 2 rings (SSSR count). The average molecular weight is 306 g/mol. The van der Waals surface area contributed by atoms with E-state index in [0.29, 0.717) is 0 Å². The lowest BCUT2D eigenvalue weighted by Crippen LogP contribution is -2.19. The minimum absolute atomic E-state index is 0.00284. The highest BCUT2D eigenvalue weighted by Crippen LogP contribution is 2.33. The number of carbonyl (C=O) groups excluding carboxylic acids is 1. The second-order valence-corrected chi connectivity index (χ2v) is 4.16. The van der Waals surface area contributed by atoms with Crippen LogP contribution in [-0.2, 0) is 17.5 Å². The van der Waals surface area contributed by atoms with E-state index in [4.69, 9.17) is 11.6 Å². The van der Waals surface area contributed by atoms with Gasteiger partial charge in [-0.3, -0.25) is 4.79 Å². The third kappa shape index (κ3) is 3.44. The number of rotatable bonds is 3. The lowest BCUT2D eigenvalue weighted by Gasteiger charge is -2.11. The summed E-state index contributed by atoms with van der Waals surface area (Å²) < 4.78 is 38.8. The van der Waals surface area contributed by atoms with Crippen LogP contribution < -0.4 is 5.32 Å². The maximum Gasteiger partial charge on any atom is 0.416 e. The summed E-state index contributed by atoms with van der Waals surface area (Å²) in [6, 6.07) is 2.66. The van der Waals surface area contributed by atoms with Crippen LogP contribution in [-0.4, -0.2) is 26.1 Å². The molecule has 0 fully saturated rings. The molecule has 0 saturated heterocycles. The van der Waals surface area contributed by atoms with Crippen LogP contribution in [0.3, 0.4) is 0 Å². The van der Waals surface area contributed by atoms with E-state index < -0.39 is 17.6 Å². The summed E-state index contributed by atoms with van der Waals surface area (Å²) in [5, 5.41) is 12.4. The van der Waals surface area contributed by atoms with Crippen molar-refractivity contribution >= 4 is 23.2 Å². The molecular weight excluding hydrogens is 299 g/mol. The summed E-state index contributed by atoms with van der Waals surface area (Å²) in [6.45, 7) is -0.237. The first-order valence-corrected chi connectivity index (χ1v) is 5.61. The molecule has 0 radical (unpaired) electrons. The van der Waals surface area contributed by atoms with E-state index in [1.165, 1.54) is 6.33 Å². The van der Waals surface area contributed by atoms with Crippen molar-refractivity contribution < 1.29 is 18.0 Å². The Morgan fingerprint density at radius 3 is 2.75 bits per heavy atom. The van der Waals surface area contributed by atoms with Crippen LogP contribution in [0.2, 0.25) is 5.02 Å². The van der Waals surface area contributed by atoms with Crippen LogP contribution in [0.4, 0.5) is 18.9 Å². The number of hydrogen-bond donors (Lipinski definition) is 1. The first-order chi connectivity index (χ1) is 9.36. The normalized spacial score (nSPS) is 11.4. The van der Waals surface area contributed by atoms with E-state index in [9.17, 15) is 18.0 Å². The predicted octanol–water partition coefficient (Wildman–Crippen LogP) is 1.98. The molecule has 1 amide bonds. The maximum atomic E-state index is 12.6. The van der Waals surface area contributed by atoms with E-state index in [1.807, 2.05) is 0 Å². The number of anilines is 1. The molecule has 0 aliphatic carbocycles. The molecule has 0 bridgehead atoms. The molecule has 1 heterocycles. The van der Waals surface area contributed by atoms with Gasteiger partial charge in [0.15, 0.2) is 0 Å². The van der Waals surface area contributed by atoms with Crippen LogP contribution in [0.25, 0.3) is 0 Å². The van der Waals surface area contributed by atoms with Gasteiger partial charge in [-0.2, -0.15) is 13.2 Å². The molecule has 0 saturated carbocycles. The standard InChI is InChI=1S/C10H7ClF3N5O/c11-7-2-1-6(10(12,13)14)3-8(7)16-9(20)4-19-5-15-17-18-19/h1-3,5H,4H2,(H,16,20). The summed E-state index contributed by atoms with van der Waals surface area (Å²) in [4.78, 5) is 11.6. The number of tetrazole rings is 1. The molecule has 1 aromatic carbocycles. The Bertz CT molecular complexity index is 614. The molecule has 0 unspecified atom stereocenters. The van der Waals surface area contributed by atoms with Gasteiger partial charge >= 0.3 is 6.18 Å². The van der Waals surface area contributed by atoms with Gasteiger partial charge in [-0.1, -0.05) is 11.6 Å². The molecule has 20 heavy (non-hydrogen) atoms. The fraction of sp³-hybridized carbons (Fsp3) is 0.200. The Balaban J connectivity index is 2.14. The second kappa shape index (κ2) is 5.45. The molecule has 2 aromatic rings. The zero-order chi connectivity index (χ0) is 14.8. The molecule has 0 aliphatic heterocycles. The second-order valence-electron chi connectivity index (χ2n) is 3.75. The SMILES string of the molecule is O=C(Cn1cnnn1)Nc1cc(C(F)(F)F)ccc1Cl. The number of alkyl halides is 3. The van der Waals surface area contributed by atoms with E-state index in [-0.39, 0.29) is 17.3 Å². The van der Waals surface area contributed by atoms with E-state index >= 15 is 0 Å². The number of nitrogens with zero attached hydrogens (tertiary/aromatic N) is 4. The van der Waals surface area contributed by atoms with Crippen LogP contribution in [0, 0.1) is 0 Å². The summed E-state index contributed by atoms with van der Waals surface area (Å²) in [6.07, 6.45) is -3.31. The number of hydrogen-bond acceptors (Lipinski definition) is 4. The lowest BCUT2D eigenvalue weighted by molar-refractivity contribution is -0.137. The topological polar surface area (TPSA) is 72.7 Å². The molecule has 106 valence electrons. The Labute approximate surface area is 115 Å². The van der Waals surface area contributed by atoms with Crippen molar-refractivity contribution in [2.24, 2.45) is 0 Å². The molecule has 0 spiro atoms. The predicted molar refractivity (Wildman–Crippen MR) is 62.9 cm³/mol. The average Bonchev–Trinajstić information content (AvgIpc) is 2.83. The van der Waals surface area contributed by atoms with Gasteiger partial charge < -0.3 is 5.32 Å². The van der Waals surface area contributed by atoms with Gasteiger partial charge in [0.2, 0.25) is 5.91 Å². The van der Waals surface area contributed by atoms with Crippen molar-refractivity contribution in [1.82, 2.24) is 20.2 Å². The summed E-state index contributed by atoms with van der Waals surface area (Å²) in [7, 11) is 0. The molecule has 1 aromatic heterocycles. The van der Waals surface area contributed by atoms with E-state index in [0.717, 1.165) is 22.9 Å². The molecular formula is C10H7ClF3N5O. The smallest absolute Gasteiger partial charge is 0.323 e. The molecule has 6 nitrogen and oxygen atoms in total. The van der Waals surface area contributed by atoms with Crippen LogP contribution >= 0.6 is 11.6 Å². The van der Waals surface area contributed by atoms with Gasteiger partial charge in [-0.05, 0) is 28.6 Å². The van der Waals surface area contributed by atoms with Crippen LogP contribution in [0.1, 0.15) is 5.56 Å². The monoisotopic (exact) mass is 305 g/mol. The number of carbonyl (C=O) groups is 1. The zero-order valence-electron chi connectivity index (χ0n) is 9.73. The van der Waals surface area contributed by atoms with Crippen LogP contribution in [0.5, 0.6) is 0 Å². The minimum atomic E-state index is -4.51. The molecule has 0 atom stereocenters. The highest BCUT2D eigenvalue weighted by Gasteiger charge is 2.31. The van der Waals surface area contributed by atoms with Crippen molar-refractivity contribution in [3.63, 3.8) is 0 Å². The van der Waals surface area contributed by atoms with Gasteiger partial charge in [-0.15, -0.1) is 5.10 Å². The summed E-state index contributed by atoms with van der Waals surface area (Å²) in [5.74, 6) is -0.599. The number of halogens is 4. The van der Waals surface area contributed by atoms with Gasteiger partial charge in [0, 0.05) is 0 Å². The minimum Gasteiger partial charge on any atom is -0.323 e. The van der Waals surface area contributed by atoms with Crippen molar-refractivity contribution in [3.05, 3.63) is 35.1 Å². The van der Waals surface area contributed by atoms with Gasteiger partial charge in [0.1, 0.15) is 12.9 Å². The first-order valence-electron chi connectivity index (χ1n) is 5.23. The third-order valence-electron chi connectivity index (χ3n) is 2.26. The van der Waals surface area contributed by atoms with Crippen molar-refractivity contribution in [2.75, 3.05) is 5.32 Å². The summed E-state index contributed by atoms with van der Waals surface area (Å²) in [5.41, 5.74) is -1.03. The van der Waals surface area contributed by atoms with Crippen molar-refractivity contribution in [1.29, 1.82) is 0 Å². The van der Waals surface area contributed by atoms with E-state index in [1.54, 1.807) is 0 Å². The lowest BCUT2D eigenvalue weighted by atomic mass is 10.2. The number of aromatic nitrogens is 4. The zero-order valence-corrected chi connectivity index (χ0v) is 10.5. The molecule has 0 aliphatic rings. The van der Waals surface area contributed by atoms with Gasteiger partial charge in [-0.25, -0.2) is 4.68 Å². The Morgan fingerprint density at radius 1 is 1.40 bits per heavy atom. The largest absolute Gasteiger partial charge is 0.416 e. The first kappa shape index (κ1) is 14.3. The quantitative estimate of drug-likeness (QED) is 0.941. The third-order valence-corrected chi connectivity index (χ3v) is 2.59. The van der Waals surface area contributed by atoms with Gasteiger partial charge in [0.05, 0.1) is 16.3 Å². The summed E-state index contributed by atoms with van der Waals surface area (Å²) >= 11 is 5.74. The molecule has 10 heteroatoms. The maximum absolute atomic E-state index is 12.6. The highest BCUT2D eigenvalue weighted by atomic mass is 35.5.